The van der Waals surface area contributed by atoms with E-state index in [0.29, 0.717) is 12.6 Å². The van der Waals surface area contributed by atoms with E-state index in [0.717, 1.165) is 37.2 Å². The van der Waals surface area contributed by atoms with Crippen molar-refractivity contribution in [1.82, 2.24) is 5.32 Å². The Morgan fingerprint density at radius 3 is 2.81 bits per heavy atom. The first-order valence-corrected chi connectivity index (χ1v) is 7.37. The van der Waals surface area contributed by atoms with Crippen molar-refractivity contribution in [3.63, 3.8) is 0 Å². The van der Waals surface area contributed by atoms with Crippen LogP contribution in [0.25, 0.3) is 0 Å². The molecule has 0 atom stereocenters. The molecular weight excluding hydrogens is 266 g/mol. The molecule has 1 fully saturated rings. The predicted octanol–water partition coefficient (Wildman–Crippen LogP) is 1.68. The van der Waals surface area contributed by atoms with Crippen molar-refractivity contribution in [2.24, 2.45) is 0 Å². The zero-order chi connectivity index (χ0) is 15.1. The van der Waals surface area contributed by atoms with Gasteiger partial charge in [0.25, 0.3) is 0 Å². The van der Waals surface area contributed by atoms with E-state index in [4.69, 9.17) is 10.00 Å². The lowest BCUT2D eigenvalue weighted by Crippen LogP contribution is -2.44. The molecule has 1 aliphatic rings. The van der Waals surface area contributed by atoms with E-state index in [1.807, 2.05) is 31.2 Å². The number of carbonyl (C=O) groups excluding carboxylic acids is 1. The van der Waals surface area contributed by atoms with Crippen LogP contribution in [0.4, 0.5) is 5.69 Å². The number of hydrogen-bond acceptors (Lipinski definition) is 5. The first kappa shape index (κ1) is 15.3. The Balaban J connectivity index is 1.83. The summed E-state index contributed by atoms with van der Waals surface area (Å²) in [4.78, 5) is 13.6. The van der Waals surface area contributed by atoms with Crippen LogP contribution in [0.3, 0.4) is 0 Å². The molecule has 1 N–H and O–H groups in total. The highest BCUT2D eigenvalue weighted by molar-refractivity contribution is 5.71. The van der Waals surface area contributed by atoms with Crippen LogP contribution >= 0.6 is 0 Å². The highest BCUT2D eigenvalue weighted by Crippen LogP contribution is 2.23. The van der Waals surface area contributed by atoms with Gasteiger partial charge in [-0.1, -0.05) is 12.1 Å². The van der Waals surface area contributed by atoms with Crippen molar-refractivity contribution in [3.05, 3.63) is 29.8 Å². The molecule has 0 spiro atoms. The fourth-order valence-electron chi connectivity index (χ4n) is 2.61. The zero-order valence-corrected chi connectivity index (χ0v) is 12.3. The number of nitriles is 1. The minimum atomic E-state index is -0.199. The van der Waals surface area contributed by atoms with Crippen molar-refractivity contribution in [2.45, 2.75) is 25.8 Å². The Hall–Kier alpha value is -2.06. The smallest absolute Gasteiger partial charge is 0.319 e. The molecule has 0 saturated carbocycles. The highest BCUT2D eigenvalue weighted by Gasteiger charge is 2.21. The monoisotopic (exact) mass is 287 g/mol. The quantitative estimate of drug-likeness (QED) is 0.835. The molecule has 0 radical (unpaired) electrons. The summed E-state index contributed by atoms with van der Waals surface area (Å²) in [5, 5.41) is 12.4. The Labute approximate surface area is 125 Å². The lowest BCUT2D eigenvalue weighted by atomic mass is 10.0. The Morgan fingerprint density at radius 1 is 1.43 bits per heavy atom. The topological polar surface area (TPSA) is 65.4 Å². The molecule has 5 nitrogen and oxygen atoms in total. The van der Waals surface area contributed by atoms with E-state index in [1.165, 1.54) is 0 Å². The Morgan fingerprint density at radius 2 is 2.14 bits per heavy atom. The fraction of sp³-hybridized carbons (Fsp3) is 0.500. The number of carbonyl (C=O) groups is 1. The molecule has 1 aliphatic heterocycles. The van der Waals surface area contributed by atoms with Gasteiger partial charge in [0.2, 0.25) is 0 Å². The van der Waals surface area contributed by atoms with Gasteiger partial charge in [0.05, 0.1) is 24.4 Å². The molecule has 1 saturated heterocycles. The molecule has 0 aromatic heterocycles. The van der Waals surface area contributed by atoms with Crippen LogP contribution in [0.2, 0.25) is 0 Å². The summed E-state index contributed by atoms with van der Waals surface area (Å²) >= 11 is 0. The van der Waals surface area contributed by atoms with Gasteiger partial charge in [0, 0.05) is 19.1 Å². The molecule has 0 unspecified atom stereocenters. The number of piperidine rings is 1. The molecule has 0 bridgehead atoms. The summed E-state index contributed by atoms with van der Waals surface area (Å²) in [6.07, 6.45) is 1.92. The second-order valence-corrected chi connectivity index (χ2v) is 5.08. The first-order chi connectivity index (χ1) is 10.2. The molecule has 1 heterocycles. The second kappa shape index (κ2) is 7.65. The maximum Gasteiger partial charge on any atom is 0.319 e. The average molecular weight is 287 g/mol. The third kappa shape index (κ3) is 4.20. The predicted molar refractivity (Wildman–Crippen MR) is 81.0 cm³/mol. The van der Waals surface area contributed by atoms with Crippen LogP contribution in [0, 0.1) is 11.3 Å². The van der Waals surface area contributed by atoms with Crippen LogP contribution in [0.15, 0.2) is 24.3 Å². The van der Waals surface area contributed by atoms with Crippen molar-refractivity contribution in [1.29, 1.82) is 5.26 Å². The summed E-state index contributed by atoms with van der Waals surface area (Å²) in [6.45, 7) is 4.28. The average Bonchev–Trinajstić information content (AvgIpc) is 2.54. The maximum atomic E-state index is 11.3. The van der Waals surface area contributed by atoms with Crippen LogP contribution < -0.4 is 10.2 Å². The largest absolute Gasteiger partial charge is 0.465 e. The maximum absolute atomic E-state index is 11.3. The van der Waals surface area contributed by atoms with Crippen molar-refractivity contribution in [3.8, 4) is 6.07 Å². The van der Waals surface area contributed by atoms with Crippen LogP contribution in [-0.2, 0) is 9.53 Å². The van der Waals surface area contributed by atoms with E-state index >= 15 is 0 Å². The van der Waals surface area contributed by atoms with E-state index in [-0.39, 0.29) is 12.5 Å². The minimum absolute atomic E-state index is 0.199. The highest BCUT2D eigenvalue weighted by atomic mass is 16.5. The number of benzene rings is 1. The van der Waals surface area contributed by atoms with Crippen molar-refractivity contribution in [2.75, 3.05) is 31.1 Å². The number of ether oxygens (including phenoxy) is 1. The molecule has 112 valence electrons. The minimum Gasteiger partial charge on any atom is -0.465 e. The summed E-state index contributed by atoms with van der Waals surface area (Å²) in [7, 11) is 0. The Kier molecular flexibility index (Phi) is 5.59. The van der Waals surface area contributed by atoms with Gasteiger partial charge < -0.3 is 15.0 Å². The van der Waals surface area contributed by atoms with Gasteiger partial charge in [-0.2, -0.15) is 5.26 Å². The van der Waals surface area contributed by atoms with E-state index in [2.05, 4.69) is 16.3 Å². The van der Waals surface area contributed by atoms with Gasteiger partial charge >= 0.3 is 5.97 Å². The molecule has 1 aromatic carbocycles. The Bertz CT molecular complexity index is 516. The number of hydrogen-bond donors (Lipinski definition) is 1. The van der Waals surface area contributed by atoms with Gasteiger partial charge in [-0.25, -0.2) is 0 Å². The molecule has 1 aromatic rings. The molecule has 0 aliphatic carbocycles. The van der Waals surface area contributed by atoms with E-state index in [1.54, 1.807) is 0 Å². The normalized spacial score (nSPS) is 15.5. The van der Waals surface area contributed by atoms with Gasteiger partial charge in [-0.3, -0.25) is 4.79 Å². The summed E-state index contributed by atoms with van der Waals surface area (Å²) in [6, 6.07) is 10.3. The van der Waals surface area contributed by atoms with E-state index in [9.17, 15) is 4.79 Å². The fourth-order valence-corrected chi connectivity index (χ4v) is 2.61. The summed E-state index contributed by atoms with van der Waals surface area (Å²) < 4.78 is 4.91. The lowest BCUT2D eigenvalue weighted by Gasteiger charge is -2.34. The molecule has 0 amide bonds. The third-order valence-electron chi connectivity index (χ3n) is 3.70. The zero-order valence-electron chi connectivity index (χ0n) is 12.3. The van der Waals surface area contributed by atoms with Crippen LogP contribution in [-0.4, -0.2) is 38.3 Å². The number of rotatable bonds is 5. The third-order valence-corrected chi connectivity index (χ3v) is 3.70. The van der Waals surface area contributed by atoms with Crippen molar-refractivity contribution < 1.29 is 9.53 Å². The molecule has 21 heavy (non-hydrogen) atoms. The summed E-state index contributed by atoms with van der Waals surface area (Å²) in [5.41, 5.74) is 1.72. The van der Waals surface area contributed by atoms with Crippen LogP contribution in [0.1, 0.15) is 25.3 Å². The summed E-state index contributed by atoms with van der Waals surface area (Å²) in [5.74, 6) is -0.199. The van der Waals surface area contributed by atoms with Gasteiger partial charge in [0.15, 0.2) is 0 Å². The standard InChI is InChI=1S/C16H21N3O2/c1-2-21-16(20)12-18-14-7-9-19(10-8-14)15-6-4-3-5-13(15)11-17/h3-6,14,18H,2,7-10,12H2,1H3. The number of esters is 1. The molecule has 5 heteroatoms. The SMILES string of the molecule is CCOC(=O)CNC1CCN(c2ccccc2C#N)CC1. The number of para-hydroxylation sites is 1. The van der Waals surface area contributed by atoms with Crippen molar-refractivity contribution >= 4 is 11.7 Å². The first-order valence-electron chi connectivity index (χ1n) is 7.37. The number of nitrogens with zero attached hydrogens (tertiary/aromatic N) is 2. The van der Waals surface area contributed by atoms with E-state index < -0.39 is 0 Å². The number of anilines is 1. The van der Waals surface area contributed by atoms with Gasteiger partial charge in [-0.05, 0) is 31.9 Å². The molecule has 2 rings (SSSR count). The number of nitrogens with one attached hydrogen (secondary N) is 1. The van der Waals surface area contributed by atoms with Gasteiger partial charge in [0.1, 0.15) is 6.07 Å². The lowest BCUT2D eigenvalue weighted by molar-refractivity contribution is -0.142. The second-order valence-electron chi connectivity index (χ2n) is 5.08. The molecular formula is C16H21N3O2. The van der Waals surface area contributed by atoms with Gasteiger partial charge in [-0.15, -0.1) is 0 Å². The van der Waals surface area contributed by atoms with Crippen LogP contribution in [0.5, 0.6) is 0 Å².